The Labute approximate surface area is 119 Å². The van der Waals surface area contributed by atoms with E-state index in [0.717, 1.165) is 27.9 Å². The highest BCUT2D eigenvalue weighted by Crippen LogP contribution is 2.25. The average Bonchev–Trinajstić information content (AvgIpc) is 2.94. The number of thiazole rings is 1. The van der Waals surface area contributed by atoms with Gasteiger partial charge in [-0.3, -0.25) is 4.79 Å². The van der Waals surface area contributed by atoms with E-state index >= 15 is 0 Å². The molecule has 0 saturated carbocycles. The minimum Gasteiger partial charge on any atom is -0.341 e. The molecule has 0 amide bonds. The maximum atomic E-state index is 11.1. The molecule has 3 aromatic rings. The largest absolute Gasteiger partial charge is 0.341 e. The molecule has 2 aromatic heterocycles. The number of halogens is 1. The quantitative estimate of drug-likeness (QED) is 0.685. The lowest BCUT2D eigenvalue weighted by Gasteiger charge is -2.03. The van der Waals surface area contributed by atoms with E-state index in [4.69, 9.17) is 11.6 Å². The summed E-state index contributed by atoms with van der Waals surface area (Å²) in [4.78, 5) is 15.6. The van der Waals surface area contributed by atoms with Crippen molar-refractivity contribution < 1.29 is 4.79 Å². The number of carbonyl (C=O) groups is 1. The first kappa shape index (κ1) is 12.4. The van der Waals surface area contributed by atoms with E-state index in [1.807, 2.05) is 35.2 Å². The summed E-state index contributed by atoms with van der Waals surface area (Å²) in [6.07, 6.45) is 2.72. The third-order valence-electron chi connectivity index (χ3n) is 3.00. The first-order valence-electron chi connectivity index (χ1n) is 5.82. The Morgan fingerprint density at radius 1 is 1.47 bits per heavy atom. The van der Waals surface area contributed by atoms with Crippen LogP contribution in [0, 0.1) is 6.92 Å². The Morgan fingerprint density at radius 3 is 3.00 bits per heavy atom. The maximum Gasteiger partial charge on any atom is 0.152 e. The molecular formula is C14H11ClN2OS. The molecule has 19 heavy (non-hydrogen) atoms. The molecule has 0 radical (unpaired) electrons. The van der Waals surface area contributed by atoms with Crippen LogP contribution in [0.2, 0.25) is 5.02 Å². The van der Waals surface area contributed by atoms with E-state index < -0.39 is 0 Å². The van der Waals surface area contributed by atoms with E-state index in [-0.39, 0.29) is 0 Å². The zero-order valence-corrected chi connectivity index (χ0v) is 11.8. The summed E-state index contributed by atoms with van der Waals surface area (Å²) in [5.74, 6) is 0. The van der Waals surface area contributed by atoms with Crippen molar-refractivity contribution in [3.8, 4) is 0 Å². The number of hydrogen-bond donors (Lipinski definition) is 0. The number of nitrogens with zero attached hydrogens (tertiary/aromatic N) is 2. The molecule has 96 valence electrons. The van der Waals surface area contributed by atoms with Gasteiger partial charge in [0.1, 0.15) is 0 Å². The van der Waals surface area contributed by atoms with Crippen LogP contribution in [0.4, 0.5) is 0 Å². The normalized spacial score (nSPS) is 11.1. The molecule has 3 rings (SSSR count). The summed E-state index contributed by atoms with van der Waals surface area (Å²) in [5, 5.41) is 4.66. The fraction of sp³-hybridized carbons (Fsp3) is 0.143. The average molecular weight is 291 g/mol. The number of aromatic nitrogens is 2. The van der Waals surface area contributed by atoms with Gasteiger partial charge in [0.05, 0.1) is 22.8 Å². The molecule has 0 aliphatic carbocycles. The van der Waals surface area contributed by atoms with Gasteiger partial charge in [0, 0.05) is 27.5 Å². The van der Waals surface area contributed by atoms with Gasteiger partial charge in [0.25, 0.3) is 0 Å². The van der Waals surface area contributed by atoms with Crippen molar-refractivity contribution in [2.45, 2.75) is 13.5 Å². The highest BCUT2D eigenvalue weighted by molar-refractivity contribution is 7.09. The van der Waals surface area contributed by atoms with Crippen LogP contribution in [0.3, 0.4) is 0 Å². The fourth-order valence-electron chi connectivity index (χ4n) is 2.17. The van der Waals surface area contributed by atoms with Crippen LogP contribution in [0.25, 0.3) is 10.9 Å². The van der Waals surface area contributed by atoms with Gasteiger partial charge < -0.3 is 4.57 Å². The van der Waals surface area contributed by atoms with Crippen molar-refractivity contribution in [1.82, 2.24) is 9.55 Å². The first-order valence-corrected chi connectivity index (χ1v) is 7.07. The van der Waals surface area contributed by atoms with Crippen molar-refractivity contribution in [2.24, 2.45) is 0 Å². The number of fused-ring (bicyclic) bond motifs is 1. The number of rotatable bonds is 3. The lowest BCUT2D eigenvalue weighted by atomic mass is 10.2. The Hall–Kier alpha value is -1.65. The zero-order valence-electron chi connectivity index (χ0n) is 10.3. The van der Waals surface area contributed by atoms with E-state index in [1.54, 1.807) is 17.4 Å². The summed E-state index contributed by atoms with van der Waals surface area (Å²) >= 11 is 7.66. The third kappa shape index (κ3) is 2.29. The number of aryl methyl sites for hydroxylation is 1. The van der Waals surface area contributed by atoms with Crippen molar-refractivity contribution in [1.29, 1.82) is 0 Å². The molecular weight excluding hydrogens is 280 g/mol. The van der Waals surface area contributed by atoms with Crippen LogP contribution >= 0.6 is 22.9 Å². The Kier molecular flexibility index (Phi) is 3.12. The van der Waals surface area contributed by atoms with E-state index in [2.05, 4.69) is 4.98 Å². The molecule has 0 spiro atoms. The third-order valence-corrected chi connectivity index (χ3v) is 4.06. The summed E-state index contributed by atoms with van der Waals surface area (Å²) in [7, 11) is 0. The second-order valence-electron chi connectivity index (χ2n) is 4.35. The molecule has 5 heteroatoms. The fourth-order valence-corrected chi connectivity index (χ4v) is 2.94. The van der Waals surface area contributed by atoms with Gasteiger partial charge in [-0.25, -0.2) is 4.98 Å². The molecule has 3 nitrogen and oxygen atoms in total. The Morgan fingerprint density at radius 2 is 2.32 bits per heavy atom. The molecule has 0 aliphatic rings. The second kappa shape index (κ2) is 4.79. The van der Waals surface area contributed by atoms with Gasteiger partial charge in [-0.15, -0.1) is 11.3 Å². The van der Waals surface area contributed by atoms with Gasteiger partial charge in [-0.1, -0.05) is 17.7 Å². The minimum atomic E-state index is 0.648. The van der Waals surface area contributed by atoms with Gasteiger partial charge >= 0.3 is 0 Å². The predicted octanol–water partition coefficient (Wildman–Crippen LogP) is 3.92. The molecule has 0 bridgehead atoms. The van der Waals surface area contributed by atoms with Crippen LogP contribution in [0.5, 0.6) is 0 Å². The summed E-state index contributed by atoms with van der Waals surface area (Å²) in [6, 6.07) is 5.56. The van der Waals surface area contributed by atoms with Crippen molar-refractivity contribution in [3.63, 3.8) is 0 Å². The van der Waals surface area contributed by atoms with Crippen LogP contribution in [0.15, 0.2) is 29.8 Å². The second-order valence-corrected chi connectivity index (χ2v) is 5.85. The highest BCUT2D eigenvalue weighted by Gasteiger charge is 2.09. The van der Waals surface area contributed by atoms with Crippen LogP contribution in [0.1, 0.15) is 21.1 Å². The molecule has 0 saturated heterocycles. The monoisotopic (exact) mass is 290 g/mol. The van der Waals surface area contributed by atoms with E-state index in [1.165, 1.54) is 0 Å². The Balaban J connectivity index is 2.12. The van der Waals surface area contributed by atoms with Gasteiger partial charge in [-0.05, 0) is 19.1 Å². The molecule has 0 fully saturated rings. The number of hydrogen-bond acceptors (Lipinski definition) is 3. The summed E-state index contributed by atoms with van der Waals surface area (Å²) < 4.78 is 2.01. The van der Waals surface area contributed by atoms with E-state index in [9.17, 15) is 4.79 Å². The number of benzene rings is 1. The standard InChI is InChI=1S/C14H11ClN2OS/c1-9-16-12(8-19-9)6-17-5-10(7-18)13-3-2-11(15)4-14(13)17/h2-5,7-8H,6H2,1H3. The van der Waals surface area contributed by atoms with Crippen LogP contribution in [-0.4, -0.2) is 15.8 Å². The Bertz CT molecular complexity index is 760. The van der Waals surface area contributed by atoms with Gasteiger partial charge in [0.2, 0.25) is 0 Å². The van der Waals surface area contributed by atoms with Gasteiger partial charge in [-0.2, -0.15) is 0 Å². The zero-order chi connectivity index (χ0) is 13.4. The predicted molar refractivity (Wildman–Crippen MR) is 78.3 cm³/mol. The molecule has 2 heterocycles. The van der Waals surface area contributed by atoms with Crippen LogP contribution < -0.4 is 0 Å². The maximum absolute atomic E-state index is 11.1. The smallest absolute Gasteiger partial charge is 0.152 e. The van der Waals surface area contributed by atoms with Crippen LogP contribution in [-0.2, 0) is 6.54 Å². The number of carbonyl (C=O) groups excluding carboxylic acids is 1. The summed E-state index contributed by atoms with van der Waals surface area (Å²) in [5.41, 5.74) is 2.63. The molecule has 0 N–H and O–H groups in total. The molecule has 0 aliphatic heterocycles. The van der Waals surface area contributed by atoms with Crippen molar-refractivity contribution >= 4 is 40.1 Å². The molecule has 0 atom stereocenters. The highest BCUT2D eigenvalue weighted by atomic mass is 35.5. The minimum absolute atomic E-state index is 0.648. The van der Waals surface area contributed by atoms with Gasteiger partial charge in [0.15, 0.2) is 6.29 Å². The molecule has 0 unspecified atom stereocenters. The number of aldehydes is 1. The van der Waals surface area contributed by atoms with E-state index in [0.29, 0.717) is 17.1 Å². The van der Waals surface area contributed by atoms with Crippen molar-refractivity contribution in [2.75, 3.05) is 0 Å². The first-order chi connectivity index (χ1) is 9.17. The lowest BCUT2D eigenvalue weighted by Crippen LogP contribution is -1.98. The lowest BCUT2D eigenvalue weighted by molar-refractivity contribution is 0.112. The SMILES string of the molecule is Cc1nc(Cn2cc(C=O)c3ccc(Cl)cc32)cs1. The topological polar surface area (TPSA) is 34.9 Å². The summed E-state index contributed by atoms with van der Waals surface area (Å²) in [6.45, 7) is 2.63. The van der Waals surface area contributed by atoms with Crippen molar-refractivity contribution in [3.05, 3.63) is 51.1 Å². The molecule has 1 aromatic carbocycles.